The Bertz CT molecular complexity index is 571. The van der Waals surface area contributed by atoms with Crippen LogP contribution in [0, 0.1) is 15.5 Å². The smallest absolute Gasteiger partial charge is 0.320 e. The van der Waals surface area contributed by atoms with Crippen LogP contribution in [0.5, 0.6) is 0 Å². The number of Topliss-reactive ketones (excluding diaryl/α,β-unsaturated/α-hetero) is 1. The van der Waals surface area contributed by atoms with Crippen molar-refractivity contribution in [3.05, 3.63) is 46.0 Å². The molecule has 0 amide bonds. The zero-order valence-electron chi connectivity index (χ0n) is 12.5. The number of carbonyl (C=O) groups excluding carboxylic acids is 2. The molecule has 22 heavy (non-hydrogen) atoms. The van der Waals surface area contributed by atoms with Gasteiger partial charge in [-0.2, -0.15) is 0 Å². The molecular weight excluding hydrogens is 286 g/mol. The zero-order valence-corrected chi connectivity index (χ0v) is 12.5. The highest BCUT2D eigenvalue weighted by Crippen LogP contribution is 2.47. The van der Waals surface area contributed by atoms with E-state index in [2.05, 4.69) is 0 Å². The van der Waals surface area contributed by atoms with E-state index in [-0.39, 0.29) is 18.8 Å². The van der Waals surface area contributed by atoms with E-state index in [1.165, 1.54) is 0 Å². The molecule has 0 aliphatic heterocycles. The summed E-state index contributed by atoms with van der Waals surface area (Å²) in [5.41, 5.74) is -0.799. The summed E-state index contributed by atoms with van der Waals surface area (Å²) in [6, 6.07) is 8.74. The molecule has 0 heterocycles. The molecule has 6 heteroatoms. The molecule has 1 saturated carbocycles. The molecule has 1 aliphatic carbocycles. The molecule has 1 aromatic carbocycles. The number of nitro groups is 1. The average molecular weight is 305 g/mol. The van der Waals surface area contributed by atoms with Gasteiger partial charge in [0.2, 0.25) is 6.54 Å². The maximum Gasteiger partial charge on any atom is 0.320 e. The lowest BCUT2D eigenvalue weighted by Gasteiger charge is -2.31. The number of hydrogen-bond acceptors (Lipinski definition) is 5. The zero-order chi connectivity index (χ0) is 16.2. The second-order valence-electron chi connectivity index (χ2n) is 5.45. The maximum absolute atomic E-state index is 12.5. The van der Waals surface area contributed by atoms with Crippen molar-refractivity contribution in [2.45, 2.75) is 32.1 Å². The van der Waals surface area contributed by atoms with E-state index in [9.17, 15) is 19.7 Å². The third-order valence-corrected chi connectivity index (χ3v) is 4.24. The van der Waals surface area contributed by atoms with Crippen LogP contribution in [-0.2, 0) is 14.3 Å². The summed E-state index contributed by atoms with van der Waals surface area (Å²) in [5.74, 6) is -1.67. The van der Waals surface area contributed by atoms with E-state index < -0.39 is 28.8 Å². The summed E-state index contributed by atoms with van der Waals surface area (Å²) in [6.07, 6.45) is 1.12. The van der Waals surface area contributed by atoms with Crippen molar-refractivity contribution in [3.8, 4) is 0 Å². The molecule has 0 aromatic heterocycles. The lowest BCUT2D eigenvalue weighted by Crippen LogP contribution is -2.44. The quantitative estimate of drug-likeness (QED) is 0.348. The minimum absolute atomic E-state index is 0.147. The third kappa shape index (κ3) is 2.86. The van der Waals surface area contributed by atoms with Gasteiger partial charge >= 0.3 is 5.97 Å². The van der Waals surface area contributed by atoms with Crippen molar-refractivity contribution >= 4 is 11.8 Å². The standard InChI is InChI=1S/C16H19NO5/c1-2-22-15(19)16(10-6-9-14(16)18)13(11-17(20)21)12-7-4-3-5-8-12/h3-5,7-8,13H,2,6,9-11H2,1H3/t13-,16+/m0/s1. The van der Waals surface area contributed by atoms with Crippen LogP contribution in [0.25, 0.3) is 0 Å². The van der Waals surface area contributed by atoms with Gasteiger partial charge in [0.05, 0.1) is 12.5 Å². The molecule has 2 rings (SSSR count). The second kappa shape index (κ2) is 6.68. The van der Waals surface area contributed by atoms with Gasteiger partial charge in [0.1, 0.15) is 5.41 Å². The van der Waals surface area contributed by atoms with Crippen LogP contribution >= 0.6 is 0 Å². The predicted octanol–water partition coefficient (Wildman–Crippen LogP) is 2.35. The lowest BCUT2D eigenvalue weighted by atomic mass is 9.70. The molecule has 1 fully saturated rings. The van der Waals surface area contributed by atoms with Crippen LogP contribution in [0.2, 0.25) is 0 Å². The summed E-state index contributed by atoms with van der Waals surface area (Å²) in [6.45, 7) is 1.35. The monoisotopic (exact) mass is 305 g/mol. The molecule has 0 spiro atoms. The Morgan fingerprint density at radius 2 is 2.09 bits per heavy atom. The molecule has 118 valence electrons. The number of benzene rings is 1. The number of ether oxygens (including phenoxy) is 1. The molecule has 6 nitrogen and oxygen atoms in total. The minimum Gasteiger partial charge on any atom is -0.465 e. The summed E-state index contributed by atoms with van der Waals surface area (Å²) in [4.78, 5) is 35.6. The Balaban J connectivity index is 2.51. The van der Waals surface area contributed by atoms with E-state index in [1.807, 2.05) is 0 Å². The predicted molar refractivity (Wildman–Crippen MR) is 79.0 cm³/mol. The highest BCUT2D eigenvalue weighted by atomic mass is 16.6. The number of hydrogen-bond donors (Lipinski definition) is 0. The first-order valence-corrected chi connectivity index (χ1v) is 7.39. The largest absolute Gasteiger partial charge is 0.465 e. The van der Waals surface area contributed by atoms with Gasteiger partial charge < -0.3 is 4.74 Å². The summed E-state index contributed by atoms with van der Waals surface area (Å²) in [7, 11) is 0. The fraction of sp³-hybridized carbons (Fsp3) is 0.500. The Kier molecular flexibility index (Phi) is 4.90. The molecular formula is C16H19NO5. The van der Waals surface area contributed by atoms with Gasteiger partial charge in [-0.25, -0.2) is 0 Å². The fourth-order valence-electron chi connectivity index (χ4n) is 3.26. The highest BCUT2D eigenvalue weighted by Gasteiger charge is 2.57. The van der Waals surface area contributed by atoms with E-state index in [0.717, 1.165) is 0 Å². The normalized spacial score (nSPS) is 22.3. The van der Waals surface area contributed by atoms with Gasteiger partial charge in [0.25, 0.3) is 0 Å². The number of nitrogens with zero attached hydrogens (tertiary/aromatic N) is 1. The van der Waals surface area contributed by atoms with Gasteiger partial charge in [-0.15, -0.1) is 0 Å². The Morgan fingerprint density at radius 1 is 1.41 bits per heavy atom. The number of rotatable bonds is 6. The Hall–Kier alpha value is -2.24. The molecule has 0 unspecified atom stereocenters. The summed E-state index contributed by atoms with van der Waals surface area (Å²) >= 11 is 0. The third-order valence-electron chi connectivity index (χ3n) is 4.24. The van der Waals surface area contributed by atoms with Gasteiger partial charge in [-0.05, 0) is 25.3 Å². The van der Waals surface area contributed by atoms with E-state index in [1.54, 1.807) is 37.3 Å². The lowest BCUT2D eigenvalue weighted by molar-refractivity contribution is -0.485. The van der Waals surface area contributed by atoms with Crippen LogP contribution in [0.3, 0.4) is 0 Å². The molecule has 0 radical (unpaired) electrons. The SMILES string of the molecule is CCOC(=O)[C@@]1([C@@H](C[N+](=O)[O-])c2ccccc2)CCCC1=O. The van der Waals surface area contributed by atoms with E-state index in [4.69, 9.17) is 4.74 Å². The maximum atomic E-state index is 12.5. The Morgan fingerprint density at radius 3 is 2.59 bits per heavy atom. The van der Waals surface area contributed by atoms with E-state index >= 15 is 0 Å². The first kappa shape index (κ1) is 16.1. The Labute approximate surface area is 128 Å². The first-order chi connectivity index (χ1) is 10.5. The number of esters is 1. The van der Waals surface area contributed by atoms with Crippen molar-refractivity contribution in [3.63, 3.8) is 0 Å². The van der Waals surface area contributed by atoms with Crippen LogP contribution < -0.4 is 0 Å². The van der Waals surface area contributed by atoms with Crippen molar-refractivity contribution in [1.82, 2.24) is 0 Å². The van der Waals surface area contributed by atoms with Crippen LogP contribution in [0.15, 0.2) is 30.3 Å². The average Bonchev–Trinajstić information content (AvgIpc) is 2.88. The molecule has 1 aliphatic rings. The van der Waals surface area contributed by atoms with E-state index in [0.29, 0.717) is 18.4 Å². The molecule has 1 aromatic rings. The fourth-order valence-corrected chi connectivity index (χ4v) is 3.26. The molecule has 0 bridgehead atoms. The van der Waals surface area contributed by atoms with Crippen molar-refractivity contribution in [1.29, 1.82) is 0 Å². The minimum atomic E-state index is -1.43. The van der Waals surface area contributed by atoms with Crippen molar-refractivity contribution < 1.29 is 19.2 Å². The first-order valence-electron chi connectivity index (χ1n) is 7.39. The topological polar surface area (TPSA) is 86.5 Å². The van der Waals surface area contributed by atoms with Crippen molar-refractivity contribution in [2.24, 2.45) is 5.41 Å². The number of ketones is 1. The molecule has 2 atom stereocenters. The number of carbonyl (C=O) groups is 2. The summed E-state index contributed by atoms with van der Waals surface area (Å²) in [5, 5.41) is 11.1. The van der Waals surface area contributed by atoms with Gasteiger partial charge in [0.15, 0.2) is 5.78 Å². The summed E-state index contributed by atoms with van der Waals surface area (Å²) < 4.78 is 5.10. The molecule has 0 N–H and O–H groups in total. The second-order valence-corrected chi connectivity index (χ2v) is 5.45. The van der Waals surface area contributed by atoms with Gasteiger partial charge in [0, 0.05) is 11.3 Å². The van der Waals surface area contributed by atoms with Crippen molar-refractivity contribution in [2.75, 3.05) is 13.2 Å². The van der Waals surface area contributed by atoms with Crippen LogP contribution in [0.4, 0.5) is 0 Å². The van der Waals surface area contributed by atoms with Gasteiger partial charge in [-0.1, -0.05) is 30.3 Å². The van der Waals surface area contributed by atoms with Gasteiger partial charge in [-0.3, -0.25) is 19.7 Å². The van der Waals surface area contributed by atoms with Crippen LogP contribution in [0.1, 0.15) is 37.7 Å². The van der Waals surface area contributed by atoms with Crippen LogP contribution in [-0.4, -0.2) is 29.8 Å². The molecule has 0 saturated heterocycles. The highest BCUT2D eigenvalue weighted by molar-refractivity contribution is 6.06.